The van der Waals surface area contributed by atoms with E-state index in [0.717, 1.165) is 50.1 Å². The number of carbonyl (C=O) groups is 1. The summed E-state index contributed by atoms with van der Waals surface area (Å²) in [6.45, 7) is 2.18. The van der Waals surface area contributed by atoms with Crippen LogP contribution in [0.4, 0.5) is 16.0 Å². The van der Waals surface area contributed by atoms with Gasteiger partial charge in [0.15, 0.2) is 5.65 Å². The maximum atomic E-state index is 13.4. The Bertz CT molecular complexity index is 1620. The first-order chi connectivity index (χ1) is 19.5. The zero-order valence-electron chi connectivity index (χ0n) is 22.3. The lowest BCUT2D eigenvalue weighted by molar-refractivity contribution is 0.0536. The van der Waals surface area contributed by atoms with Crippen LogP contribution in [-0.2, 0) is 24.1 Å². The molecule has 1 aliphatic heterocycles. The van der Waals surface area contributed by atoms with Crippen molar-refractivity contribution in [3.63, 3.8) is 0 Å². The van der Waals surface area contributed by atoms with E-state index in [4.69, 9.17) is 9.82 Å². The summed E-state index contributed by atoms with van der Waals surface area (Å²) in [4.78, 5) is 41.9. The van der Waals surface area contributed by atoms with Gasteiger partial charge in [-0.25, -0.2) is 14.9 Å². The number of nitrogens with zero attached hydrogens (tertiary/aromatic N) is 4. The minimum atomic E-state index is -0.707. The first kappa shape index (κ1) is 26.1. The quantitative estimate of drug-likeness (QED) is 0.326. The zero-order valence-corrected chi connectivity index (χ0v) is 22.3. The number of benzene rings is 2. The largest absolute Gasteiger partial charge is 0.324 e. The van der Waals surface area contributed by atoms with Crippen LogP contribution in [0.2, 0.25) is 0 Å². The Morgan fingerprint density at radius 3 is 2.75 bits per heavy atom. The standard InChI is InChI=1S/C30H31FN6O3/c1-40-35-29(39)26-18-37(24-10-7-20-3-2-4-21(20)15-24)28-25(27(26)38)16-32-30(34-28)33-23-8-5-19(6-9-23)11-13-36-14-12-22(31)17-36/h5-10,15-16,18,22H,2-4,11-14,17H2,1H3,(H,35,39)(H,32,33,34)/t22-/m0/s1. The minimum Gasteiger partial charge on any atom is -0.324 e. The minimum absolute atomic E-state index is 0.0642. The molecule has 6 rings (SSSR count). The fraction of sp³-hybridized carbons (Fsp3) is 0.333. The van der Waals surface area contributed by atoms with Crippen molar-refractivity contribution in [3.8, 4) is 5.69 Å². The van der Waals surface area contributed by atoms with Crippen molar-refractivity contribution in [2.75, 3.05) is 32.1 Å². The number of carbonyl (C=O) groups excluding carboxylic acids is 1. The fourth-order valence-electron chi connectivity index (χ4n) is 5.54. The number of aromatic nitrogens is 3. The number of hydrogen-bond donors (Lipinski definition) is 2. The second kappa shape index (κ2) is 11.1. The lowest BCUT2D eigenvalue weighted by atomic mass is 10.1. The van der Waals surface area contributed by atoms with E-state index in [1.54, 1.807) is 4.57 Å². The predicted octanol–water partition coefficient (Wildman–Crippen LogP) is 3.89. The SMILES string of the molecule is CONC(=O)c1cn(-c2ccc3c(c2)CCC3)c2nc(Nc3ccc(CCN4CC[C@H](F)C4)cc3)ncc2c1=O. The van der Waals surface area contributed by atoms with Crippen LogP contribution in [0.1, 0.15) is 39.9 Å². The lowest BCUT2D eigenvalue weighted by Gasteiger charge is -2.15. The highest BCUT2D eigenvalue weighted by Gasteiger charge is 2.21. The summed E-state index contributed by atoms with van der Waals surface area (Å²) < 4.78 is 15.2. The Balaban J connectivity index is 1.30. The molecule has 0 bridgehead atoms. The second-order valence-electron chi connectivity index (χ2n) is 10.4. The molecule has 3 heterocycles. The van der Waals surface area contributed by atoms with Gasteiger partial charge in [0, 0.05) is 43.4 Å². The predicted molar refractivity (Wildman–Crippen MR) is 151 cm³/mol. The Hall–Kier alpha value is -4.15. The van der Waals surface area contributed by atoms with Gasteiger partial charge in [0.2, 0.25) is 11.4 Å². The van der Waals surface area contributed by atoms with E-state index in [1.807, 2.05) is 30.3 Å². The van der Waals surface area contributed by atoms with Gasteiger partial charge in [0.25, 0.3) is 5.91 Å². The molecule has 1 saturated heterocycles. The second-order valence-corrected chi connectivity index (χ2v) is 10.4. The van der Waals surface area contributed by atoms with Gasteiger partial charge in [-0.1, -0.05) is 18.2 Å². The monoisotopic (exact) mass is 542 g/mol. The molecular formula is C30H31FN6O3. The fourth-order valence-corrected chi connectivity index (χ4v) is 5.54. The first-order valence-electron chi connectivity index (χ1n) is 13.6. The van der Waals surface area contributed by atoms with E-state index in [1.165, 1.54) is 36.2 Å². The van der Waals surface area contributed by atoms with Crippen LogP contribution in [0.25, 0.3) is 16.7 Å². The third-order valence-corrected chi connectivity index (χ3v) is 7.69. The van der Waals surface area contributed by atoms with E-state index in [0.29, 0.717) is 24.6 Å². The summed E-state index contributed by atoms with van der Waals surface area (Å²) in [6.07, 6.45) is 6.87. The van der Waals surface area contributed by atoms with Gasteiger partial charge in [-0.15, -0.1) is 0 Å². The molecule has 206 valence electrons. The molecule has 2 N–H and O–H groups in total. The molecule has 0 radical (unpaired) electrons. The first-order valence-corrected chi connectivity index (χ1v) is 13.6. The van der Waals surface area contributed by atoms with Gasteiger partial charge in [-0.05, 0) is 73.1 Å². The van der Waals surface area contributed by atoms with Crippen molar-refractivity contribution >= 4 is 28.6 Å². The molecule has 1 aliphatic carbocycles. The molecule has 4 aromatic rings. The van der Waals surface area contributed by atoms with Crippen molar-refractivity contribution in [2.24, 2.45) is 0 Å². The normalized spacial score (nSPS) is 16.8. The van der Waals surface area contributed by atoms with Crippen molar-refractivity contribution in [1.29, 1.82) is 0 Å². The molecule has 0 saturated carbocycles. The average molecular weight is 543 g/mol. The number of likely N-dealkylation sites (tertiary alicyclic amines) is 1. The maximum Gasteiger partial charge on any atom is 0.280 e. The third kappa shape index (κ3) is 5.32. The van der Waals surface area contributed by atoms with Crippen molar-refractivity contribution in [2.45, 2.75) is 38.3 Å². The van der Waals surface area contributed by atoms with Crippen LogP contribution in [0, 0.1) is 0 Å². The number of aryl methyl sites for hydroxylation is 2. The van der Waals surface area contributed by atoms with Gasteiger partial charge in [-0.2, -0.15) is 4.98 Å². The average Bonchev–Trinajstić information content (AvgIpc) is 3.61. The number of fused-ring (bicyclic) bond motifs is 2. The van der Waals surface area contributed by atoms with Crippen LogP contribution >= 0.6 is 0 Å². The van der Waals surface area contributed by atoms with Crippen LogP contribution in [-0.4, -0.2) is 58.3 Å². The number of hydroxylamine groups is 1. The highest BCUT2D eigenvalue weighted by molar-refractivity contribution is 5.96. The number of anilines is 2. The van der Waals surface area contributed by atoms with Gasteiger partial charge in [0.1, 0.15) is 11.7 Å². The van der Waals surface area contributed by atoms with Gasteiger partial charge >= 0.3 is 0 Å². The number of rotatable bonds is 8. The number of pyridine rings is 1. The zero-order chi connectivity index (χ0) is 27.6. The van der Waals surface area contributed by atoms with Gasteiger partial charge in [0.05, 0.1) is 12.5 Å². The number of alkyl halides is 1. The summed E-state index contributed by atoms with van der Waals surface area (Å²) in [5, 5.41) is 3.45. The maximum absolute atomic E-state index is 13.4. The molecular weight excluding hydrogens is 511 g/mol. The van der Waals surface area contributed by atoms with E-state index >= 15 is 0 Å². The summed E-state index contributed by atoms with van der Waals surface area (Å²) in [6, 6.07) is 14.1. The van der Waals surface area contributed by atoms with E-state index in [-0.39, 0.29) is 10.9 Å². The van der Waals surface area contributed by atoms with Crippen molar-refractivity contribution < 1.29 is 14.0 Å². The molecule has 1 fully saturated rings. The summed E-state index contributed by atoms with van der Waals surface area (Å²) in [5.41, 5.74) is 7.44. The van der Waals surface area contributed by atoms with Gasteiger partial charge < -0.3 is 14.8 Å². The number of nitrogens with one attached hydrogen (secondary N) is 2. The van der Waals surface area contributed by atoms with E-state index < -0.39 is 17.5 Å². The molecule has 1 amide bonds. The van der Waals surface area contributed by atoms with Crippen LogP contribution in [0.5, 0.6) is 0 Å². The summed E-state index contributed by atoms with van der Waals surface area (Å²) >= 11 is 0. The lowest BCUT2D eigenvalue weighted by Crippen LogP contribution is -2.29. The number of amides is 1. The highest BCUT2D eigenvalue weighted by atomic mass is 19.1. The summed E-state index contributed by atoms with van der Waals surface area (Å²) in [5.74, 6) is -0.310. The van der Waals surface area contributed by atoms with E-state index in [9.17, 15) is 14.0 Å². The highest BCUT2D eigenvalue weighted by Crippen LogP contribution is 2.26. The Morgan fingerprint density at radius 1 is 1.15 bits per heavy atom. The topological polar surface area (TPSA) is 101 Å². The Labute approximate surface area is 231 Å². The van der Waals surface area contributed by atoms with Crippen LogP contribution in [0.15, 0.2) is 59.7 Å². The summed E-state index contributed by atoms with van der Waals surface area (Å²) in [7, 11) is 1.32. The molecule has 1 atom stereocenters. The Morgan fingerprint density at radius 2 is 1.98 bits per heavy atom. The van der Waals surface area contributed by atoms with Crippen LogP contribution < -0.4 is 16.2 Å². The van der Waals surface area contributed by atoms with Crippen molar-refractivity contribution in [3.05, 3.63) is 87.3 Å². The Kier molecular flexibility index (Phi) is 7.27. The molecule has 2 aromatic carbocycles. The van der Waals surface area contributed by atoms with Crippen molar-refractivity contribution in [1.82, 2.24) is 24.9 Å². The van der Waals surface area contributed by atoms with E-state index in [2.05, 4.69) is 32.8 Å². The molecule has 2 aromatic heterocycles. The number of hydrogen-bond acceptors (Lipinski definition) is 7. The number of halogens is 1. The molecule has 40 heavy (non-hydrogen) atoms. The smallest absolute Gasteiger partial charge is 0.280 e. The molecule has 0 unspecified atom stereocenters. The molecule has 0 spiro atoms. The molecule has 9 nitrogen and oxygen atoms in total. The van der Waals surface area contributed by atoms with Crippen LogP contribution in [0.3, 0.4) is 0 Å². The van der Waals surface area contributed by atoms with Gasteiger partial charge in [-0.3, -0.25) is 14.4 Å². The molecule has 10 heteroatoms. The molecule has 2 aliphatic rings. The third-order valence-electron chi connectivity index (χ3n) is 7.69.